The van der Waals surface area contributed by atoms with Crippen LogP contribution >= 0.6 is 12.6 Å². The maximum Gasteiger partial charge on any atom is 0.328 e. The number of carbonyl (C=O) groups excluding carboxylic acids is 3. The fourth-order valence-corrected chi connectivity index (χ4v) is 2.24. The largest absolute Gasteiger partial charge is 0.480 e. The minimum Gasteiger partial charge on any atom is -0.480 e. The van der Waals surface area contributed by atoms with E-state index in [-0.39, 0.29) is 18.1 Å². The van der Waals surface area contributed by atoms with Gasteiger partial charge >= 0.3 is 5.97 Å². The number of nitrogens with two attached hydrogens (primary N) is 3. The first kappa shape index (κ1) is 26.4. The number of hydrogen-bond donors (Lipinski definition) is 9. The summed E-state index contributed by atoms with van der Waals surface area (Å²) in [5, 5.41) is 24.6. The van der Waals surface area contributed by atoms with Crippen molar-refractivity contribution in [2.75, 3.05) is 18.9 Å². The second kappa shape index (κ2) is 13.6. The van der Waals surface area contributed by atoms with Crippen molar-refractivity contribution in [1.29, 1.82) is 0 Å². The highest BCUT2D eigenvalue weighted by Crippen LogP contribution is 1.98. The minimum absolute atomic E-state index is 0.0650. The number of aliphatic hydroxyl groups excluding tert-OH is 1. The van der Waals surface area contributed by atoms with E-state index in [1.165, 1.54) is 6.92 Å². The topological polar surface area (TPSA) is 235 Å². The summed E-state index contributed by atoms with van der Waals surface area (Å²) in [6.45, 7) is 0.881. The number of aliphatic imine (C=N–C) groups is 1. The van der Waals surface area contributed by atoms with Crippen LogP contribution in [0.2, 0.25) is 0 Å². The van der Waals surface area contributed by atoms with Gasteiger partial charge in [-0.25, -0.2) is 4.79 Å². The molecule has 13 nitrogen and oxygen atoms in total. The summed E-state index contributed by atoms with van der Waals surface area (Å²) in [7, 11) is 0. The monoisotopic (exact) mass is 435 g/mol. The van der Waals surface area contributed by atoms with Gasteiger partial charge in [-0.05, 0) is 19.8 Å². The van der Waals surface area contributed by atoms with E-state index in [9.17, 15) is 19.2 Å². The third-order valence-corrected chi connectivity index (χ3v) is 4.03. The number of thiol groups is 1. The molecule has 4 unspecified atom stereocenters. The van der Waals surface area contributed by atoms with E-state index in [2.05, 4.69) is 33.6 Å². The lowest BCUT2D eigenvalue weighted by Gasteiger charge is -2.22. The number of amides is 3. The molecule has 14 heteroatoms. The van der Waals surface area contributed by atoms with Gasteiger partial charge in [0.25, 0.3) is 0 Å². The van der Waals surface area contributed by atoms with Gasteiger partial charge in [-0.15, -0.1) is 0 Å². The number of rotatable bonds is 13. The fourth-order valence-electron chi connectivity index (χ4n) is 1.99. The first-order valence-corrected chi connectivity index (χ1v) is 9.33. The van der Waals surface area contributed by atoms with Crippen molar-refractivity contribution in [2.24, 2.45) is 22.2 Å². The Bertz CT molecular complexity index is 614. The van der Waals surface area contributed by atoms with Crippen molar-refractivity contribution >= 4 is 42.3 Å². The van der Waals surface area contributed by atoms with Crippen molar-refractivity contribution in [2.45, 2.75) is 43.9 Å². The molecule has 0 radical (unpaired) electrons. The maximum atomic E-state index is 12.2. The van der Waals surface area contributed by atoms with Crippen LogP contribution in [0.25, 0.3) is 0 Å². The van der Waals surface area contributed by atoms with Gasteiger partial charge in [-0.2, -0.15) is 12.6 Å². The summed E-state index contributed by atoms with van der Waals surface area (Å²) in [5.41, 5.74) is 16.1. The van der Waals surface area contributed by atoms with E-state index >= 15 is 0 Å². The molecule has 0 saturated heterocycles. The van der Waals surface area contributed by atoms with Gasteiger partial charge in [0.1, 0.15) is 18.1 Å². The van der Waals surface area contributed by atoms with E-state index < -0.39 is 54.5 Å². The normalized spacial score (nSPS) is 14.6. The number of carboxylic acids is 1. The summed E-state index contributed by atoms with van der Waals surface area (Å²) < 4.78 is 0. The van der Waals surface area contributed by atoms with E-state index in [0.29, 0.717) is 13.0 Å². The van der Waals surface area contributed by atoms with Crippen LogP contribution in [0.15, 0.2) is 4.99 Å². The van der Waals surface area contributed by atoms with Crippen LogP contribution in [0.5, 0.6) is 0 Å². The van der Waals surface area contributed by atoms with E-state index in [4.69, 9.17) is 27.4 Å². The van der Waals surface area contributed by atoms with E-state index in [0.717, 1.165) is 0 Å². The number of hydrogen-bond acceptors (Lipinski definition) is 8. The Morgan fingerprint density at radius 1 is 1.03 bits per heavy atom. The quantitative estimate of drug-likeness (QED) is 0.0590. The Labute approximate surface area is 173 Å². The lowest BCUT2D eigenvalue weighted by atomic mass is 10.1. The number of nitrogens with zero attached hydrogens (tertiary/aromatic N) is 1. The molecule has 0 aromatic heterocycles. The second-order valence-electron chi connectivity index (χ2n) is 6.11. The third-order valence-electron chi connectivity index (χ3n) is 3.67. The zero-order valence-corrected chi connectivity index (χ0v) is 16.9. The molecule has 166 valence electrons. The van der Waals surface area contributed by atoms with E-state index in [1.54, 1.807) is 0 Å². The van der Waals surface area contributed by atoms with Gasteiger partial charge in [0.2, 0.25) is 17.7 Å². The van der Waals surface area contributed by atoms with Gasteiger partial charge in [0.05, 0.1) is 12.6 Å². The van der Waals surface area contributed by atoms with Crippen LogP contribution < -0.4 is 33.2 Å². The van der Waals surface area contributed by atoms with Gasteiger partial charge in [0, 0.05) is 12.3 Å². The highest BCUT2D eigenvalue weighted by Gasteiger charge is 2.27. The summed E-state index contributed by atoms with van der Waals surface area (Å²) in [6, 6.07) is -4.60. The molecule has 3 amide bonds. The molecule has 11 N–H and O–H groups in total. The maximum absolute atomic E-state index is 12.2. The molecule has 0 aromatic carbocycles. The molecule has 4 atom stereocenters. The second-order valence-corrected chi connectivity index (χ2v) is 6.48. The smallest absolute Gasteiger partial charge is 0.328 e. The molecule has 0 aliphatic rings. The molecule has 0 saturated carbocycles. The Kier molecular flexibility index (Phi) is 12.4. The Balaban J connectivity index is 4.61. The highest BCUT2D eigenvalue weighted by atomic mass is 32.1. The first-order chi connectivity index (χ1) is 13.5. The molecule has 0 bridgehead atoms. The molecule has 0 fully saturated rings. The Morgan fingerprint density at radius 3 is 2.10 bits per heavy atom. The van der Waals surface area contributed by atoms with Crippen LogP contribution in [0.1, 0.15) is 19.8 Å². The van der Waals surface area contributed by atoms with Crippen LogP contribution in [-0.4, -0.2) is 82.9 Å². The first-order valence-electron chi connectivity index (χ1n) is 8.70. The zero-order valence-electron chi connectivity index (χ0n) is 16.0. The SMILES string of the molecule is CC(NC(=O)C(N)CCCN=C(N)N)C(=O)NC(CS)C(=O)NC(CO)C(=O)O. The number of nitrogens with one attached hydrogen (secondary N) is 3. The minimum atomic E-state index is -1.52. The molecule has 0 aromatic rings. The van der Waals surface area contributed by atoms with Crippen molar-refractivity contribution < 1.29 is 29.4 Å². The average Bonchev–Trinajstić information content (AvgIpc) is 2.66. The summed E-state index contributed by atoms with van der Waals surface area (Å²) in [6.07, 6.45) is 0.751. The van der Waals surface area contributed by atoms with Crippen LogP contribution in [0.3, 0.4) is 0 Å². The van der Waals surface area contributed by atoms with Gasteiger partial charge < -0.3 is 43.4 Å². The van der Waals surface area contributed by atoms with Crippen molar-refractivity contribution in [3.63, 3.8) is 0 Å². The molecule has 29 heavy (non-hydrogen) atoms. The predicted octanol–water partition coefficient (Wildman–Crippen LogP) is -4.15. The fraction of sp³-hybridized carbons (Fsp3) is 0.667. The van der Waals surface area contributed by atoms with Crippen molar-refractivity contribution in [3.8, 4) is 0 Å². The summed E-state index contributed by atoms with van der Waals surface area (Å²) in [5.74, 6) is -3.75. The summed E-state index contributed by atoms with van der Waals surface area (Å²) >= 11 is 3.94. The molecule has 0 heterocycles. The van der Waals surface area contributed by atoms with Crippen LogP contribution in [0.4, 0.5) is 0 Å². The lowest BCUT2D eigenvalue weighted by molar-refractivity contribution is -0.143. The average molecular weight is 436 g/mol. The van der Waals surface area contributed by atoms with Crippen LogP contribution in [-0.2, 0) is 19.2 Å². The summed E-state index contributed by atoms with van der Waals surface area (Å²) in [4.78, 5) is 50.9. The third kappa shape index (κ3) is 10.5. The molecule has 0 aliphatic carbocycles. The molecular formula is C15H29N7O6S. The van der Waals surface area contributed by atoms with Crippen molar-refractivity contribution in [3.05, 3.63) is 0 Å². The molecule has 0 rings (SSSR count). The zero-order chi connectivity index (χ0) is 22.6. The standard InChI is InChI=1S/C15H29N7O6S/c1-7(20-12(25)8(16)3-2-4-19-15(17)18)11(24)22-10(6-29)13(26)21-9(5-23)14(27)28/h7-10,23,29H,2-6,16H2,1H3,(H,20,25)(H,21,26)(H,22,24)(H,27,28)(H4,17,18,19). The Morgan fingerprint density at radius 2 is 1.62 bits per heavy atom. The van der Waals surface area contributed by atoms with Gasteiger partial charge in [-0.1, -0.05) is 0 Å². The number of carbonyl (C=O) groups is 4. The number of carboxylic acid groups (broad SMARTS) is 1. The molecule has 0 aliphatic heterocycles. The number of aliphatic carboxylic acids is 1. The molecular weight excluding hydrogens is 406 g/mol. The highest BCUT2D eigenvalue weighted by molar-refractivity contribution is 7.80. The molecule has 0 spiro atoms. The van der Waals surface area contributed by atoms with E-state index in [1.807, 2.05) is 0 Å². The Hall–Kier alpha value is -2.58. The number of aliphatic hydroxyl groups is 1. The van der Waals surface area contributed by atoms with Crippen molar-refractivity contribution in [1.82, 2.24) is 16.0 Å². The van der Waals surface area contributed by atoms with Gasteiger partial charge in [0.15, 0.2) is 5.96 Å². The lowest BCUT2D eigenvalue weighted by Crippen LogP contribution is -2.57. The predicted molar refractivity (Wildman–Crippen MR) is 108 cm³/mol. The van der Waals surface area contributed by atoms with Crippen LogP contribution in [0, 0.1) is 0 Å². The number of guanidine groups is 1. The van der Waals surface area contributed by atoms with Gasteiger partial charge in [-0.3, -0.25) is 19.4 Å².